The molecule has 1 aliphatic carbocycles. The first-order chi connectivity index (χ1) is 9.83. The highest BCUT2D eigenvalue weighted by Gasteiger charge is 2.22. The van der Waals surface area contributed by atoms with E-state index in [1.54, 1.807) is 0 Å². The third-order valence-corrected chi connectivity index (χ3v) is 4.49. The SMILES string of the molecule is CC(CN1CCOCC1)NC1CCCc2ccccc21. The lowest BCUT2D eigenvalue weighted by molar-refractivity contribution is 0.0337. The average Bonchev–Trinajstić information content (AvgIpc) is 2.48. The number of nitrogens with one attached hydrogen (secondary N) is 1. The molecule has 0 bridgehead atoms. The second-order valence-electron chi connectivity index (χ2n) is 6.12. The Labute approximate surface area is 122 Å². The van der Waals surface area contributed by atoms with Crippen LogP contribution in [0.15, 0.2) is 24.3 Å². The molecular formula is C17H26N2O. The lowest BCUT2D eigenvalue weighted by Crippen LogP contribution is -2.45. The summed E-state index contributed by atoms with van der Waals surface area (Å²) in [6, 6.07) is 9.99. The van der Waals surface area contributed by atoms with Crippen LogP contribution in [0.1, 0.15) is 36.9 Å². The first-order valence-electron chi connectivity index (χ1n) is 7.97. The smallest absolute Gasteiger partial charge is 0.0594 e. The Balaban J connectivity index is 1.57. The summed E-state index contributed by atoms with van der Waals surface area (Å²) in [6.45, 7) is 7.37. The van der Waals surface area contributed by atoms with Crippen LogP contribution in [0.3, 0.4) is 0 Å². The molecule has 0 spiro atoms. The van der Waals surface area contributed by atoms with Crippen LogP contribution in [0, 0.1) is 0 Å². The van der Waals surface area contributed by atoms with E-state index in [1.807, 2.05) is 0 Å². The highest BCUT2D eigenvalue weighted by molar-refractivity contribution is 5.32. The Kier molecular flexibility index (Phi) is 4.71. The van der Waals surface area contributed by atoms with Crippen LogP contribution in [0.4, 0.5) is 0 Å². The van der Waals surface area contributed by atoms with Crippen LogP contribution in [0.5, 0.6) is 0 Å². The van der Waals surface area contributed by atoms with Gasteiger partial charge >= 0.3 is 0 Å². The van der Waals surface area contributed by atoms with Gasteiger partial charge in [-0.1, -0.05) is 24.3 Å². The van der Waals surface area contributed by atoms with Crippen LogP contribution in [0.2, 0.25) is 0 Å². The zero-order valence-electron chi connectivity index (χ0n) is 12.5. The highest BCUT2D eigenvalue weighted by atomic mass is 16.5. The zero-order valence-corrected chi connectivity index (χ0v) is 12.5. The van der Waals surface area contributed by atoms with Crippen molar-refractivity contribution in [2.45, 2.75) is 38.3 Å². The van der Waals surface area contributed by atoms with E-state index >= 15 is 0 Å². The first-order valence-corrected chi connectivity index (χ1v) is 7.97. The summed E-state index contributed by atoms with van der Waals surface area (Å²) in [5.41, 5.74) is 3.06. The van der Waals surface area contributed by atoms with Gasteiger partial charge in [-0.05, 0) is 37.3 Å². The van der Waals surface area contributed by atoms with Gasteiger partial charge in [0, 0.05) is 31.7 Å². The molecule has 2 aliphatic rings. The number of nitrogens with zero attached hydrogens (tertiary/aromatic N) is 1. The molecule has 1 saturated heterocycles. The Morgan fingerprint density at radius 1 is 1.30 bits per heavy atom. The van der Waals surface area contributed by atoms with Crippen LogP contribution >= 0.6 is 0 Å². The molecule has 2 atom stereocenters. The molecule has 0 amide bonds. The molecule has 1 N–H and O–H groups in total. The molecule has 1 aromatic rings. The predicted molar refractivity (Wildman–Crippen MR) is 82.0 cm³/mol. The summed E-state index contributed by atoms with van der Waals surface area (Å²) in [5, 5.41) is 3.84. The van der Waals surface area contributed by atoms with E-state index in [0.717, 1.165) is 32.8 Å². The molecule has 1 fully saturated rings. The van der Waals surface area contributed by atoms with Crippen molar-refractivity contribution in [3.05, 3.63) is 35.4 Å². The van der Waals surface area contributed by atoms with Crippen LogP contribution in [0.25, 0.3) is 0 Å². The van der Waals surface area contributed by atoms with Crippen molar-refractivity contribution >= 4 is 0 Å². The summed E-state index contributed by atoms with van der Waals surface area (Å²) < 4.78 is 5.42. The number of hydrogen-bond acceptors (Lipinski definition) is 3. The number of rotatable bonds is 4. The number of benzene rings is 1. The van der Waals surface area contributed by atoms with Gasteiger partial charge in [0.1, 0.15) is 0 Å². The van der Waals surface area contributed by atoms with Crippen LogP contribution < -0.4 is 5.32 Å². The standard InChI is InChI=1S/C17H26N2O/c1-14(13-19-9-11-20-12-10-19)18-17-8-4-6-15-5-2-3-7-16(15)17/h2-3,5,7,14,17-18H,4,6,8-13H2,1H3. The van der Waals surface area contributed by atoms with Crippen molar-refractivity contribution in [1.29, 1.82) is 0 Å². The van der Waals surface area contributed by atoms with E-state index in [2.05, 4.69) is 41.4 Å². The molecule has 20 heavy (non-hydrogen) atoms. The molecule has 110 valence electrons. The normalized spacial score (nSPS) is 25.1. The van der Waals surface area contributed by atoms with Gasteiger partial charge in [0.15, 0.2) is 0 Å². The Morgan fingerprint density at radius 3 is 2.95 bits per heavy atom. The summed E-state index contributed by atoms with van der Waals surface area (Å²) in [5.74, 6) is 0. The summed E-state index contributed by atoms with van der Waals surface area (Å²) in [7, 11) is 0. The molecule has 0 radical (unpaired) electrons. The van der Waals surface area contributed by atoms with Gasteiger partial charge in [0.2, 0.25) is 0 Å². The van der Waals surface area contributed by atoms with Crippen molar-refractivity contribution in [3.8, 4) is 0 Å². The Morgan fingerprint density at radius 2 is 2.10 bits per heavy atom. The summed E-state index contributed by atoms with van der Waals surface area (Å²) >= 11 is 0. The van der Waals surface area contributed by atoms with E-state index in [1.165, 1.54) is 30.4 Å². The van der Waals surface area contributed by atoms with Gasteiger partial charge in [0.05, 0.1) is 13.2 Å². The van der Waals surface area contributed by atoms with E-state index in [9.17, 15) is 0 Å². The van der Waals surface area contributed by atoms with Crippen LogP contribution in [-0.2, 0) is 11.2 Å². The monoisotopic (exact) mass is 274 g/mol. The molecule has 3 nitrogen and oxygen atoms in total. The molecule has 0 saturated carbocycles. The molecule has 1 aliphatic heterocycles. The minimum absolute atomic E-state index is 0.532. The van der Waals surface area contributed by atoms with Crippen molar-refractivity contribution in [2.75, 3.05) is 32.8 Å². The van der Waals surface area contributed by atoms with Crippen molar-refractivity contribution in [2.24, 2.45) is 0 Å². The van der Waals surface area contributed by atoms with Gasteiger partial charge in [-0.3, -0.25) is 4.90 Å². The minimum Gasteiger partial charge on any atom is -0.379 e. The third-order valence-electron chi connectivity index (χ3n) is 4.49. The molecule has 2 unspecified atom stereocenters. The Bertz CT molecular complexity index is 429. The second kappa shape index (κ2) is 6.70. The van der Waals surface area contributed by atoms with Crippen LogP contribution in [-0.4, -0.2) is 43.8 Å². The van der Waals surface area contributed by atoms with Gasteiger partial charge < -0.3 is 10.1 Å². The first kappa shape index (κ1) is 14.1. The lowest BCUT2D eigenvalue weighted by atomic mass is 9.87. The number of aryl methyl sites for hydroxylation is 1. The third kappa shape index (κ3) is 3.40. The molecular weight excluding hydrogens is 248 g/mol. The number of hydrogen-bond donors (Lipinski definition) is 1. The topological polar surface area (TPSA) is 24.5 Å². The van der Waals surface area contributed by atoms with Gasteiger partial charge in [-0.25, -0.2) is 0 Å². The average molecular weight is 274 g/mol. The molecule has 3 heteroatoms. The Hall–Kier alpha value is -0.900. The van der Waals surface area contributed by atoms with Gasteiger partial charge in [-0.15, -0.1) is 0 Å². The van der Waals surface area contributed by atoms with Crippen molar-refractivity contribution < 1.29 is 4.74 Å². The van der Waals surface area contributed by atoms with Crippen molar-refractivity contribution in [3.63, 3.8) is 0 Å². The zero-order chi connectivity index (χ0) is 13.8. The second-order valence-corrected chi connectivity index (χ2v) is 6.12. The van der Waals surface area contributed by atoms with E-state index < -0.39 is 0 Å². The fourth-order valence-corrected chi connectivity index (χ4v) is 3.49. The maximum atomic E-state index is 5.42. The lowest BCUT2D eigenvalue weighted by Gasteiger charge is -2.33. The molecule has 3 rings (SSSR count). The van der Waals surface area contributed by atoms with E-state index in [0.29, 0.717) is 12.1 Å². The fraction of sp³-hybridized carbons (Fsp3) is 0.647. The number of morpholine rings is 1. The molecule has 1 aromatic carbocycles. The van der Waals surface area contributed by atoms with Gasteiger partial charge in [-0.2, -0.15) is 0 Å². The maximum absolute atomic E-state index is 5.42. The summed E-state index contributed by atoms with van der Waals surface area (Å²) in [4.78, 5) is 2.51. The number of ether oxygens (including phenoxy) is 1. The molecule has 0 aromatic heterocycles. The van der Waals surface area contributed by atoms with E-state index in [4.69, 9.17) is 4.74 Å². The predicted octanol–water partition coefficient (Wildman–Crippen LogP) is 2.37. The highest BCUT2D eigenvalue weighted by Crippen LogP contribution is 2.29. The number of fused-ring (bicyclic) bond motifs is 1. The van der Waals surface area contributed by atoms with E-state index in [-0.39, 0.29) is 0 Å². The summed E-state index contributed by atoms with van der Waals surface area (Å²) in [6.07, 6.45) is 3.82. The quantitative estimate of drug-likeness (QED) is 0.912. The maximum Gasteiger partial charge on any atom is 0.0594 e. The van der Waals surface area contributed by atoms with Gasteiger partial charge in [0.25, 0.3) is 0 Å². The molecule has 1 heterocycles. The van der Waals surface area contributed by atoms with Crippen molar-refractivity contribution in [1.82, 2.24) is 10.2 Å². The minimum atomic E-state index is 0.532. The largest absolute Gasteiger partial charge is 0.379 e. The fourth-order valence-electron chi connectivity index (χ4n) is 3.49.